The maximum absolute atomic E-state index is 12.9. The van der Waals surface area contributed by atoms with E-state index >= 15 is 0 Å². The van der Waals surface area contributed by atoms with E-state index in [1.165, 1.54) is 4.31 Å². The summed E-state index contributed by atoms with van der Waals surface area (Å²) < 4.78 is 27.3. The Hall–Kier alpha value is -1.80. The molecule has 1 saturated heterocycles. The second-order valence-electron chi connectivity index (χ2n) is 8.26. The number of rotatable bonds is 9. The minimum atomic E-state index is -3.57. The van der Waals surface area contributed by atoms with Crippen molar-refractivity contribution in [3.05, 3.63) is 63.6 Å². The molecule has 180 valence electrons. The van der Waals surface area contributed by atoms with Crippen LogP contribution in [0.4, 0.5) is 5.69 Å². The van der Waals surface area contributed by atoms with Gasteiger partial charge in [0.1, 0.15) is 0 Å². The molecule has 0 unspecified atom stereocenters. The highest BCUT2D eigenvalue weighted by molar-refractivity contribution is 7.88. The fraction of sp³-hybridized carbons (Fsp3) is 0.458. The number of carbonyl (C=O) groups is 1. The van der Waals surface area contributed by atoms with Crippen LogP contribution in [0.2, 0.25) is 10.0 Å². The molecule has 3 rings (SSSR count). The molecule has 0 saturated carbocycles. The summed E-state index contributed by atoms with van der Waals surface area (Å²) in [4.78, 5) is 15.0. The summed E-state index contributed by atoms with van der Waals surface area (Å²) in [7, 11) is -3.57. The summed E-state index contributed by atoms with van der Waals surface area (Å²) in [6.45, 7) is 7.16. The van der Waals surface area contributed by atoms with Crippen molar-refractivity contribution < 1.29 is 13.2 Å². The molecule has 0 spiro atoms. The zero-order valence-corrected chi connectivity index (χ0v) is 21.4. The van der Waals surface area contributed by atoms with Gasteiger partial charge in [-0.25, -0.2) is 12.7 Å². The summed E-state index contributed by atoms with van der Waals surface area (Å²) in [6, 6.07) is 13.0. The zero-order valence-electron chi connectivity index (χ0n) is 19.1. The van der Waals surface area contributed by atoms with Gasteiger partial charge in [-0.2, -0.15) is 0 Å². The van der Waals surface area contributed by atoms with E-state index in [1.807, 2.05) is 12.1 Å². The van der Waals surface area contributed by atoms with E-state index in [1.54, 1.807) is 18.2 Å². The van der Waals surface area contributed by atoms with Crippen LogP contribution in [0.25, 0.3) is 0 Å². The molecule has 0 aromatic heterocycles. The largest absolute Gasteiger partial charge is 0.372 e. The molecule has 2 aromatic rings. The summed E-state index contributed by atoms with van der Waals surface area (Å²) in [5.74, 6) is -0.647. The van der Waals surface area contributed by atoms with Crippen molar-refractivity contribution in [3.8, 4) is 0 Å². The van der Waals surface area contributed by atoms with E-state index in [0.717, 1.165) is 24.3 Å². The number of hydrogen-bond acceptors (Lipinski definition) is 4. The maximum atomic E-state index is 12.9. The highest BCUT2D eigenvalue weighted by Crippen LogP contribution is 2.26. The molecule has 0 aliphatic carbocycles. The van der Waals surface area contributed by atoms with Gasteiger partial charge < -0.3 is 10.2 Å². The Labute approximate surface area is 206 Å². The fourth-order valence-electron chi connectivity index (χ4n) is 4.09. The van der Waals surface area contributed by atoms with Gasteiger partial charge in [0.2, 0.25) is 15.9 Å². The van der Waals surface area contributed by atoms with Crippen molar-refractivity contribution in [1.29, 1.82) is 0 Å². The molecular formula is C24H31Cl2N3O3S. The summed E-state index contributed by atoms with van der Waals surface area (Å²) >= 11 is 11.9. The lowest BCUT2D eigenvalue weighted by Gasteiger charge is -2.31. The van der Waals surface area contributed by atoms with Crippen LogP contribution in [-0.4, -0.2) is 44.8 Å². The van der Waals surface area contributed by atoms with E-state index in [9.17, 15) is 13.2 Å². The molecule has 0 radical (unpaired) electrons. The number of halogens is 2. The van der Waals surface area contributed by atoms with Crippen LogP contribution in [0.3, 0.4) is 0 Å². The first kappa shape index (κ1) is 25.8. The van der Waals surface area contributed by atoms with E-state index < -0.39 is 10.0 Å². The second-order valence-corrected chi connectivity index (χ2v) is 11.0. The topological polar surface area (TPSA) is 69.7 Å². The minimum Gasteiger partial charge on any atom is -0.372 e. The Balaban J connectivity index is 1.56. The van der Waals surface area contributed by atoms with Gasteiger partial charge in [0.25, 0.3) is 0 Å². The van der Waals surface area contributed by atoms with Gasteiger partial charge in [0.05, 0.1) is 21.7 Å². The van der Waals surface area contributed by atoms with E-state index in [4.69, 9.17) is 23.2 Å². The van der Waals surface area contributed by atoms with Gasteiger partial charge in [-0.3, -0.25) is 4.79 Å². The first-order chi connectivity index (χ1) is 15.7. The Morgan fingerprint density at radius 1 is 1.06 bits per heavy atom. The van der Waals surface area contributed by atoms with Crippen molar-refractivity contribution in [2.75, 3.05) is 31.1 Å². The molecule has 33 heavy (non-hydrogen) atoms. The van der Waals surface area contributed by atoms with Crippen LogP contribution >= 0.6 is 23.2 Å². The molecule has 6 nitrogen and oxygen atoms in total. The van der Waals surface area contributed by atoms with Crippen LogP contribution in [0.15, 0.2) is 42.5 Å². The summed E-state index contributed by atoms with van der Waals surface area (Å²) in [6.07, 6.45) is 1.32. The van der Waals surface area contributed by atoms with Crippen LogP contribution in [0.5, 0.6) is 0 Å². The molecule has 1 fully saturated rings. The first-order valence-electron chi connectivity index (χ1n) is 11.3. The number of benzene rings is 2. The van der Waals surface area contributed by atoms with Gasteiger partial charge >= 0.3 is 0 Å². The molecule has 1 amide bonds. The maximum Gasteiger partial charge on any atom is 0.224 e. The van der Waals surface area contributed by atoms with E-state index in [0.29, 0.717) is 41.5 Å². The number of hydrogen-bond donors (Lipinski definition) is 1. The fourth-order valence-corrected chi connectivity index (χ4v) is 6.01. The standard InChI is InChI=1S/C24H31Cl2N3O3S/c1-3-28(4-2)21-10-7-18(8-11-21)15-27-24(30)20-6-5-13-29(16-20)33(31,32)17-19-9-12-22(25)23(26)14-19/h7-12,14,20H,3-6,13,15-17H2,1-2H3,(H,27,30)/t20-/m0/s1. The number of anilines is 1. The third-order valence-electron chi connectivity index (χ3n) is 6.01. The molecule has 1 N–H and O–H groups in total. The molecule has 1 aliphatic rings. The third-order valence-corrected chi connectivity index (χ3v) is 8.57. The van der Waals surface area contributed by atoms with Gasteiger partial charge in [0, 0.05) is 38.4 Å². The SMILES string of the molecule is CCN(CC)c1ccc(CNC(=O)[C@H]2CCCN(S(=O)(=O)Cc3ccc(Cl)c(Cl)c3)C2)cc1. The lowest BCUT2D eigenvalue weighted by atomic mass is 9.98. The first-order valence-corrected chi connectivity index (χ1v) is 13.6. The molecule has 1 atom stereocenters. The van der Waals surface area contributed by atoms with Crippen LogP contribution in [0, 0.1) is 5.92 Å². The molecular weight excluding hydrogens is 481 g/mol. The monoisotopic (exact) mass is 511 g/mol. The zero-order chi connectivity index (χ0) is 24.0. The number of piperidine rings is 1. The Morgan fingerprint density at radius 2 is 1.73 bits per heavy atom. The quantitative estimate of drug-likeness (QED) is 0.529. The number of amides is 1. The normalized spacial score (nSPS) is 17.0. The van der Waals surface area contributed by atoms with Crippen molar-refractivity contribution in [3.63, 3.8) is 0 Å². The van der Waals surface area contributed by atoms with Crippen molar-refractivity contribution in [2.45, 2.75) is 39.0 Å². The number of nitrogens with one attached hydrogen (secondary N) is 1. The lowest BCUT2D eigenvalue weighted by Crippen LogP contribution is -2.45. The van der Waals surface area contributed by atoms with Crippen LogP contribution in [0.1, 0.15) is 37.8 Å². The molecule has 1 heterocycles. The van der Waals surface area contributed by atoms with Crippen molar-refractivity contribution in [2.24, 2.45) is 5.92 Å². The number of carbonyl (C=O) groups excluding carboxylic acids is 1. The Kier molecular flexibility index (Phi) is 9.04. The number of nitrogens with zero attached hydrogens (tertiary/aromatic N) is 2. The molecule has 1 aliphatic heterocycles. The molecule has 0 bridgehead atoms. The minimum absolute atomic E-state index is 0.114. The van der Waals surface area contributed by atoms with Crippen molar-refractivity contribution >= 4 is 44.8 Å². The smallest absolute Gasteiger partial charge is 0.224 e. The van der Waals surface area contributed by atoms with Gasteiger partial charge in [-0.15, -0.1) is 0 Å². The predicted octanol–water partition coefficient (Wildman–Crippen LogP) is 4.70. The summed E-state index contributed by atoms with van der Waals surface area (Å²) in [5, 5.41) is 3.68. The lowest BCUT2D eigenvalue weighted by molar-refractivity contribution is -0.126. The molecule has 9 heteroatoms. The predicted molar refractivity (Wildman–Crippen MR) is 135 cm³/mol. The Bertz CT molecular complexity index is 1060. The average molecular weight is 513 g/mol. The summed E-state index contributed by atoms with van der Waals surface area (Å²) in [5.41, 5.74) is 2.74. The van der Waals surface area contributed by atoms with Gasteiger partial charge in [-0.05, 0) is 62.1 Å². The third kappa shape index (κ3) is 6.85. The average Bonchev–Trinajstić information content (AvgIpc) is 2.81. The van der Waals surface area contributed by atoms with Gasteiger partial charge in [-0.1, -0.05) is 41.4 Å². The van der Waals surface area contributed by atoms with Crippen molar-refractivity contribution in [1.82, 2.24) is 9.62 Å². The van der Waals surface area contributed by atoms with E-state index in [2.05, 4.69) is 36.2 Å². The molecule has 2 aromatic carbocycles. The highest BCUT2D eigenvalue weighted by atomic mass is 35.5. The second kappa shape index (κ2) is 11.6. The highest BCUT2D eigenvalue weighted by Gasteiger charge is 2.32. The van der Waals surface area contributed by atoms with E-state index in [-0.39, 0.29) is 24.1 Å². The Morgan fingerprint density at radius 3 is 2.36 bits per heavy atom. The van der Waals surface area contributed by atoms with Crippen LogP contribution < -0.4 is 10.2 Å². The van der Waals surface area contributed by atoms with Crippen LogP contribution in [-0.2, 0) is 27.1 Å². The number of sulfonamides is 1. The van der Waals surface area contributed by atoms with Gasteiger partial charge in [0.15, 0.2) is 0 Å².